The molecular formula is C11H15BrFNO. The number of benzene rings is 1. The summed E-state index contributed by atoms with van der Waals surface area (Å²) in [7, 11) is 0. The van der Waals surface area contributed by atoms with Crippen molar-refractivity contribution >= 4 is 15.9 Å². The molecule has 0 bridgehead atoms. The van der Waals surface area contributed by atoms with Crippen LogP contribution in [0.1, 0.15) is 18.9 Å². The quantitative estimate of drug-likeness (QED) is 0.885. The molecule has 2 nitrogen and oxygen atoms in total. The van der Waals surface area contributed by atoms with Gasteiger partial charge in [0, 0.05) is 17.4 Å². The van der Waals surface area contributed by atoms with Crippen molar-refractivity contribution in [3.63, 3.8) is 0 Å². The molecule has 1 unspecified atom stereocenters. The van der Waals surface area contributed by atoms with E-state index < -0.39 is 5.60 Å². The Morgan fingerprint density at radius 2 is 2.20 bits per heavy atom. The zero-order chi connectivity index (χ0) is 11.5. The van der Waals surface area contributed by atoms with Gasteiger partial charge in [0.1, 0.15) is 5.82 Å². The summed E-state index contributed by atoms with van der Waals surface area (Å²) in [6.07, 6.45) is 0.908. The van der Waals surface area contributed by atoms with Crippen LogP contribution in [0.2, 0.25) is 0 Å². The summed E-state index contributed by atoms with van der Waals surface area (Å²) in [5.74, 6) is -0.302. The first-order valence-electron chi connectivity index (χ1n) is 4.87. The average molecular weight is 276 g/mol. The summed E-state index contributed by atoms with van der Waals surface area (Å²) in [5, 5.41) is 10.0. The largest absolute Gasteiger partial charge is 0.388 e. The van der Waals surface area contributed by atoms with Gasteiger partial charge < -0.3 is 10.8 Å². The third-order valence-electron chi connectivity index (χ3n) is 2.57. The molecule has 0 aliphatic rings. The second-order valence-electron chi connectivity index (χ2n) is 3.69. The molecule has 1 rings (SSSR count). The third-order valence-corrected chi connectivity index (χ3v) is 3.34. The first-order chi connectivity index (χ1) is 7.00. The molecule has 0 heterocycles. The summed E-state index contributed by atoms with van der Waals surface area (Å²) in [5.41, 5.74) is 5.29. The lowest BCUT2D eigenvalue weighted by molar-refractivity contribution is 0.0454. The summed E-state index contributed by atoms with van der Waals surface area (Å²) < 4.78 is 13.8. The van der Waals surface area contributed by atoms with Crippen molar-refractivity contribution in [3.8, 4) is 0 Å². The lowest BCUT2D eigenvalue weighted by Gasteiger charge is -2.25. The van der Waals surface area contributed by atoms with Gasteiger partial charge in [0.2, 0.25) is 0 Å². The van der Waals surface area contributed by atoms with Crippen LogP contribution >= 0.6 is 15.9 Å². The lowest BCUT2D eigenvalue weighted by atomic mass is 9.92. The maximum Gasteiger partial charge on any atom is 0.123 e. The van der Waals surface area contributed by atoms with Crippen molar-refractivity contribution in [1.29, 1.82) is 0 Å². The molecule has 1 atom stereocenters. The van der Waals surface area contributed by atoms with E-state index in [-0.39, 0.29) is 12.4 Å². The van der Waals surface area contributed by atoms with E-state index in [4.69, 9.17) is 5.73 Å². The van der Waals surface area contributed by atoms with E-state index in [1.165, 1.54) is 12.1 Å². The van der Waals surface area contributed by atoms with Crippen molar-refractivity contribution in [1.82, 2.24) is 0 Å². The molecule has 1 aromatic carbocycles. The molecule has 0 aliphatic heterocycles. The molecule has 15 heavy (non-hydrogen) atoms. The van der Waals surface area contributed by atoms with Crippen molar-refractivity contribution in [2.45, 2.75) is 25.4 Å². The second-order valence-corrected chi connectivity index (χ2v) is 4.55. The highest BCUT2D eigenvalue weighted by molar-refractivity contribution is 9.10. The predicted molar refractivity (Wildman–Crippen MR) is 62.1 cm³/mol. The standard InChI is InChI=1S/C11H15BrFNO/c1-2-11(15,7-14)6-8-5-9(13)3-4-10(8)12/h3-5,15H,2,6-7,14H2,1H3. The Balaban J connectivity index is 2.92. The average Bonchev–Trinajstić information content (AvgIpc) is 2.23. The van der Waals surface area contributed by atoms with Crippen LogP contribution in [0.25, 0.3) is 0 Å². The summed E-state index contributed by atoms with van der Waals surface area (Å²) >= 11 is 3.32. The Hall–Kier alpha value is -0.450. The van der Waals surface area contributed by atoms with Gasteiger partial charge in [0.25, 0.3) is 0 Å². The number of halogens is 2. The van der Waals surface area contributed by atoms with Gasteiger partial charge in [-0.2, -0.15) is 0 Å². The molecule has 84 valence electrons. The van der Waals surface area contributed by atoms with E-state index in [0.29, 0.717) is 12.8 Å². The molecule has 3 N–H and O–H groups in total. The minimum atomic E-state index is -0.948. The van der Waals surface area contributed by atoms with Gasteiger partial charge in [-0.1, -0.05) is 22.9 Å². The highest BCUT2D eigenvalue weighted by Crippen LogP contribution is 2.24. The Bertz CT molecular complexity index is 339. The van der Waals surface area contributed by atoms with Gasteiger partial charge in [0.15, 0.2) is 0 Å². The molecule has 0 saturated heterocycles. The minimum absolute atomic E-state index is 0.173. The number of rotatable bonds is 4. The maximum atomic E-state index is 13.0. The van der Waals surface area contributed by atoms with E-state index >= 15 is 0 Å². The molecule has 0 spiro atoms. The number of hydrogen-bond donors (Lipinski definition) is 2. The predicted octanol–water partition coefficient (Wildman–Crippen LogP) is 2.23. The van der Waals surface area contributed by atoms with E-state index in [1.807, 2.05) is 6.92 Å². The van der Waals surface area contributed by atoms with Crippen LogP contribution in [-0.4, -0.2) is 17.3 Å². The Morgan fingerprint density at radius 3 is 2.73 bits per heavy atom. The molecule has 0 radical (unpaired) electrons. The van der Waals surface area contributed by atoms with Crippen molar-refractivity contribution in [2.24, 2.45) is 5.73 Å². The molecule has 0 saturated carbocycles. The molecule has 0 amide bonds. The Morgan fingerprint density at radius 1 is 1.53 bits per heavy atom. The fourth-order valence-corrected chi connectivity index (χ4v) is 1.76. The van der Waals surface area contributed by atoms with Crippen LogP contribution in [0, 0.1) is 5.82 Å². The van der Waals surface area contributed by atoms with Gasteiger partial charge in [-0.05, 0) is 30.2 Å². The SMILES string of the molecule is CCC(O)(CN)Cc1cc(F)ccc1Br. The Labute approximate surface area is 97.4 Å². The normalized spacial score (nSPS) is 15.0. The highest BCUT2D eigenvalue weighted by atomic mass is 79.9. The number of aliphatic hydroxyl groups is 1. The van der Waals surface area contributed by atoms with E-state index in [1.54, 1.807) is 6.07 Å². The van der Waals surface area contributed by atoms with Crippen LogP contribution in [0.3, 0.4) is 0 Å². The van der Waals surface area contributed by atoms with Crippen molar-refractivity contribution < 1.29 is 9.50 Å². The highest BCUT2D eigenvalue weighted by Gasteiger charge is 2.24. The monoisotopic (exact) mass is 275 g/mol. The summed E-state index contributed by atoms with van der Waals surface area (Å²) in [6.45, 7) is 2.03. The summed E-state index contributed by atoms with van der Waals surface area (Å²) in [4.78, 5) is 0. The number of nitrogens with two attached hydrogens (primary N) is 1. The van der Waals surface area contributed by atoms with Crippen molar-refractivity contribution in [2.75, 3.05) is 6.54 Å². The van der Waals surface area contributed by atoms with Crippen LogP contribution in [0.15, 0.2) is 22.7 Å². The fourth-order valence-electron chi connectivity index (χ4n) is 1.37. The molecule has 0 fully saturated rings. The van der Waals surface area contributed by atoms with E-state index in [0.717, 1.165) is 10.0 Å². The van der Waals surface area contributed by atoms with Gasteiger partial charge in [0.05, 0.1) is 5.60 Å². The molecular weight excluding hydrogens is 261 g/mol. The molecule has 0 aliphatic carbocycles. The van der Waals surface area contributed by atoms with Crippen LogP contribution in [-0.2, 0) is 6.42 Å². The van der Waals surface area contributed by atoms with Gasteiger partial charge in [-0.15, -0.1) is 0 Å². The third kappa shape index (κ3) is 3.26. The van der Waals surface area contributed by atoms with E-state index in [9.17, 15) is 9.50 Å². The smallest absolute Gasteiger partial charge is 0.123 e. The summed E-state index contributed by atoms with van der Waals surface area (Å²) in [6, 6.07) is 4.43. The van der Waals surface area contributed by atoms with Crippen LogP contribution in [0.4, 0.5) is 4.39 Å². The van der Waals surface area contributed by atoms with Crippen molar-refractivity contribution in [3.05, 3.63) is 34.1 Å². The Kier molecular flexibility index (Phi) is 4.25. The molecule has 0 aromatic heterocycles. The minimum Gasteiger partial charge on any atom is -0.388 e. The van der Waals surface area contributed by atoms with Crippen LogP contribution in [0.5, 0.6) is 0 Å². The fraction of sp³-hybridized carbons (Fsp3) is 0.455. The molecule has 1 aromatic rings. The topological polar surface area (TPSA) is 46.2 Å². The van der Waals surface area contributed by atoms with Gasteiger partial charge in [-0.3, -0.25) is 0 Å². The van der Waals surface area contributed by atoms with Gasteiger partial charge in [-0.25, -0.2) is 4.39 Å². The van der Waals surface area contributed by atoms with Gasteiger partial charge >= 0.3 is 0 Å². The molecule has 4 heteroatoms. The first-order valence-corrected chi connectivity index (χ1v) is 5.66. The maximum absolute atomic E-state index is 13.0. The lowest BCUT2D eigenvalue weighted by Crippen LogP contribution is -2.39. The number of hydrogen-bond acceptors (Lipinski definition) is 2. The zero-order valence-electron chi connectivity index (χ0n) is 8.63. The second kappa shape index (κ2) is 5.05. The van der Waals surface area contributed by atoms with Crippen LogP contribution < -0.4 is 5.73 Å². The van der Waals surface area contributed by atoms with E-state index in [2.05, 4.69) is 15.9 Å². The first kappa shape index (κ1) is 12.6. The zero-order valence-corrected chi connectivity index (χ0v) is 10.2.